The predicted molar refractivity (Wildman–Crippen MR) is 54.8 cm³/mol. The SMILES string of the molecule is OSOc1cccc2ccccc12. The van der Waals surface area contributed by atoms with Crippen LogP contribution in [0.25, 0.3) is 10.8 Å². The standard InChI is InChI=1S/C10H8O2S/c11-13-12-10-7-3-5-8-4-1-2-6-9(8)10/h1-7,11H. The summed E-state index contributed by atoms with van der Waals surface area (Å²) < 4.78 is 13.6. The Kier molecular flexibility index (Phi) is 2.38. The molecule has 0 fully saturated rings. The van der Waals surface area contributed by atoms with Crippen LogP contribution in [0.5, 0.6) is 5.75 Å². The molecule has 0 unspecified atom stereocenters. The summed E-state index contributed by atoms with van der Waals surface area (Å²) in [5, 5.41) is 2.11. The molecule has 0 aromatic heterocycles. The maximum absolute atomic E-state index is 8.57. The molecule has 66 valence electrons. The number of fused-ring (bicyclic) bond motifs is 1. The monoisotopic (exact) mass is 192 g/mol. The highest BCUT2D eigenvalue weighted by Gasteiger charge is 1.99. The second-order valence-electron chi connectivity index (χ2n) is 2.64. The van der Waals surface area contributed by atoms with Crippen molar-refractivity contribution in [2.24, 2.45) is 0 Å². The first-order valence-electron chi connectivity index (χ1n) is 3.87. The van der Waals surface area contributed by atoms with Gasteiger partial charge in [-0.3, -0.25) is 4.55 Å². The van der Waals surface area contributed by atoms with E-state index in [1.165, 1.54) is 0 Å². The Balaban J connectivity index is 2.61. The molecule has 2 aromatic rings. The molecule has 3 heteroatoms. The van der Waals surface area contributed by atoms with Crippen LogP contribution in [-0.4, -0.2) is 4.55 Å². The van der Waals surface area contributed by atoms with Crippen molar-refractivity contribution in [2.45, 2.75) is 0 Å². The summed E-state index contributed by atoms with van der Waals surface area (Å²) in [6, 6.07) is 13.6. The summed E-state index contributed by atoms with van der Waals surface area (Å²) in [6.45, 7) is 0. The molecule has 0 saturated carbocycles. The zero-order valence-electron chi connectivity index (χ0n) is 6.81. The topological polar surface area (TPSA) is 29.5 Å². The lowest BCUT2D eigenvalue weighted by molar-refractivity contribution is 0.544. The maximum atomic E-state index is 8.57. The Morgan fingerprint density at radius 2 is 1.77 bits per heavy atom. The van der Waals surface area contributed by atoms with Crippen LogP contribution in [0.1, 0.15) is 0 Å². The lowest BCUT2D eigenvalue weighted by Gasteiger charge is -2.03. The van der Waals surface area contributed by atoms with Crippen LogP contribution in [0.3, 0.4) is 0 Å². The second kappa shape index (κ2) is 3.68. The van der Waals surface area contributed by atoms with Gasteiger partial charge in [0.25, 0.3) is 0 Å². The van der Waals surface area contributed by atoms with E-state index in [9.17, 15) is 0 Å². The summed E-state index contributed by atoms with van der Waals surface area (Å²) >= 11 is 0.370. The fraction of sp³-hybridized carbons (Fsp3) is 0. The van der Waals surface area contributed by atoms with Gasteiger partial charge < -0.3 is 4.18 Å². The smallest absolute Gasteiger partial charge is 0.222 e. The van der Waals surface area contributed by atoms with Crippen molar-refractivity contribution in [1.82, 2.24) is 0 Å². The fourth-order valence-corrected chi connectivity index (χ4v) is 1.53. The van der Waals surface area contributed by atoms with Crippen LogP contribution < -0.4 is 4.18 Å². The summed E-state index contributed by atoms with van der Waals surface area (Å²) in [7, 11) is 0. The number of hydrogen-bond donors (Lipinski definition) is 1. The van der Waals surface area contributed by atoms with Crippen molar-refractivity contribution in [1.29, 1.82) is 0 Å². The summed E-state index contributed by atoms with van der Waals surface area (Å²) in [6.07, 6.45) is 0. The Bertz CT molecular complexity index is 409. The molecule has 2 rings (SSSR count). The molecule has 0 amide bonds. The Morgan fingerprint density at radius 3 is 2.62 bits per heavy atom. The number of rotatable bonds is 2. The average Bonchev–Trinajstić information content (AvgIpc) is 2.19. The van der Waals surface area contributed by atoms with E-state index in [2.05, 4.69) is 0 Å². The summed E-state index contributed by atoms with van der Waals surface area (Å²) in [5.41, 5.74) is 0. The molecule has 0 radical (unpaired) electrons. The van der Waals surface area contributed by atoms with Crippen molar-refractivity contribution in [3.8, 4) is 5.75 Å². The van der Waals surface area contributed by atoms with Crippen molar-refractivity contribution in [2.75, 3.05) is 0 Å². The van der Waals surface area contributed by atoms with Gasteiger partial charge >= 0.3 is 0 Å². The van der Waals surface area contributed by atoms with E-state index in [4.69, 9.17) is 8.74 Å². The molecule has 0 aliphatic heterocycles. The Morgan fingerprint density at radius 1 is 1.00 bits per heavy atom. The van der Waals surface area contributed by atoms with Crippen LogP contribution in [-0.2, 0) is 0 Å². The third-order valence-corrected chi connectivity index (χ3v) is 2.13. The van der Waals surface area contributed by atoms with Gasteiger partial charge in [0, 0.05) is 5.39 Å². The lowest BCUT2D eigenvalue weighted by atomic mass is 10.1. The van der Waals surface area contributed by atoms with E-state index < -0.39 is 0 Å². The van der Waals surface area contributed by atoms with E-state index in [1.54, 1.807) is 0 Å². The molecule has 13 heavy (non-hydrogen) atoms. The van der Waals surface area contributed by atoms with Crippen molar-refractivity contribution in [3.05, 3.63) is 42.5 Å². The minimum Gasteiger partial charge on any atom is -0.400 e. The number of benzene rings is 2. The molecule has 0 heterocycles. The molecule has 0 aliphatic rings. The maximum Gasteiger partial charge on any atom is 0.222 e. The first-order chi connectivity index (χ1) is 6.42. The first-order valence-corrected chi connectivity index (χ1v) is 4.57. The van der Waals surface area contributed by atoms with Gasteiger partial charge in [-0.05, 0) is 11.5 Å². The molecule has 2 aromatic carbocycles. The highest BCUT2D eigenvalue weighted by atomic mass is 32.2. The lowest BCUT2D eigenvalue weighted by Crippen LogP contribution is -1.81. The van der Waals surface area contributed by atoms with E-state index >= 15 is 0 Å². The Labute approximate surface area is 80.6 Å². The van der Waals surface area contributed by atoms with Gasteiger partial charge in [-0.25, -0.2) is 0 Å². The van der Waals surface area contributed by atoms with Gasteiger partial charge in [-0.2, -0.15) is 0 Å². The molecule has 0 bridgehead atoms. The predicted octanol–water partition coefficient (Wildman–Crippen LogP) is 3.34. The zero-order chi connectivity index (χ0) is 9.10. The summed E-state index contributed by atoms with van der Waals surface area (Å²) in [5.74, 6) is 0.686. The molecule has 0 atom stereocenters. The normalized spacial score (nSPS) is 10.2. The molecule has 1 N–H and O–H groups in total. The quantitative estimate of drug-likeness (QED) is 0.740. The molecule has 0 saturated heterocycles. The zero-order valence-corrected chi connectivity index (χ0v) is 7.62. The second-order valence-corrected chi connectivity index (χ2v) is 2.95. The van der Waals surface area contributed by atoms with Gasteiger partial charge in [0.05, 0.1) is 0 Å². The van der Waals surface area contributed by atoms with Crippen molar-refractivity contribution < 1.29 is 8.74 Å². The summed E-state index contributed by atoms with van der Waals surface area (Å²) in [4.78, 5) is 0. The van der Waals surface area contributed by atoms with Crippen LogP contribution >= 0.6 is 12.3 Å². The van der Waals surface area contributed by atoms with E-state index in [0.29, 0.717) is 18.1 Å². The number of hydrogen-bond acceptors (Lipinski definition) is 3. The molecule has 0 spiro atoms. The van der Waals surface area contributed by atoms with E-state index in [0.717, 1.165) is 10.8 Å². The van der Waals surface area contributed by atoms with Gasteiger partial charge in [0.15, 0.2) is 0 Å². The van der Waals surface area contributed by atoms with Crippen LogP contribution in [0.15, 0.2) is 42.5 Å². The van der Waals surface area contributed by atoms with Gasteiger partial charge in [0.2, 0.25) is 12.3 Å². The van der Waals surface area contributed by atoms with Crippen molar-refractivity contribution >= 4 is 23.1 Å². The molecule has 0 aliphatic carbocycles. The van der Waals surface area contributed by atoms with Gasteiger partial charge in [-0.1, -0.05) is 36.4 Å². The fourth-order valence-electron chi connectivity index (χ4n) is 1.31. The third kappa shape index (κ3) is 1.61. The minimum atomic E-state index is 0.370. The van der Waals surface area contributed by atoms with Crippen LogP contribution in [0, 0.1) is 0 Å². The average molecular weight is 192 g/mol. The molecule has 2 nitrogen and oxygen atoms in total. The van der Waals surface area contributed by atoms with Crippen LogP contribution in [0.4, 0.5) is 0 Å². The van der Waals surface area contributed by atoms with Gasteiger partial charge in [-0.15, -0.1) is 0 Å². The molecular weight excluding hydrogens is 184 g/mol. The van der Waals surface area contributed by atoms with E-state index in [1.807, 2.05) is 42.5 Å². The third-order valence-electron chi connectivity index (χ3n) is 1.88. The molecular formula is C10H8O2S. The highest BCUT2D eigenvalue weighted by molar-refractivity contribution is 7.89. The minimum absolute atomic E-state index is 0.370. The highest BCUT2D eigenvalue weighted by Crippen LogP contribution is 2.26. The largest absolute Gasteiger partial charge is 0.400 e. The van der Waals surface area contributed by atoms with Crippen molar-refractivity contribution in [3.63, 3.8) is 0 Å². The first kappa shape index (κ1) is 8.41. The Hall–Kier alpha value is -1.19. The van der Waals surface area contributed by atoms with E-state index in [-0.39, 0.29) is 0 Å². The van der Waals surface area contributed by atoms with Crippen LogP contribution in [0.2, 0.25) is 0 Å². The van der Waals surface area contributed by atoms with Gasteiger partial charge in [0.1, 0.15) is 5.75 Å².